The van der Waals surface area contributed by atoms with Crippen molar-refractivity contribution in [1.82, 2.24) is 9.55 Å². The summed E-state index contributed by atoms with van der Waals surface area (Å²) < 4.78 is 2.56. The maximum absolute atomic E-state index is 12.8. The van der Waals surface area contributed by atoms with Crippen LogP contribution in [0.2, 0.25) is 0 Å². The second-order valence-electron chi connectivity index (χ2n) is 4.52. The molecule has 0 N–H and O–H groups in total. The fourth-order valence-electron chi connectivity index (χ4n) is 2.13. The molecule has 22 heavy (non-hydrogen) atoms. The fraction of sp³-hybridized carbons (Fsp3) is 0.0588. The van der Waals surface area contributed by atoms with Crippen molar-refractivity contribution in [2.24, 2.45) is 0 Å². The predicted molar refractivity (Wildman–Crippen MR) is 94.6 cm³/mol. The van der Waals surface area contributed by atoms with Gasteiger partial charge in [0.05, 0.1) is 22.3 Å². The summed E-state index contributed by atoms with van der Waals surface area (Å²) in [6.07, 6.45) is 5.34. The third kappa shape index (κ3) is 2.80. The zero-order valence-corrected chi connectivity index (χ0v) is 13.9. The minimum Gasteiger partial charge on any atom is -0.268 e. The molecule has 0 amide bonds. The van der Waals surface area contributed by atoms with E-state index in [1.165, 1.54) is 11.8 Å². The summed E-state index contributed by atoms with van der Waals surface area (Å²) >= 11 is 4.78. The summed E-state index contributed by atoms with van der Waals surface area (Å²) in [5.74, 6) is 3.03. The predicted octanol–water partition coefficient (Wildman–Crippen LogP) is 3.87. The third-order valence-corrected chi connectivity index (χ3v) is 4.49. The van der Waals surface area contributed by atoms with Crippen LogP contribution in [0.25, 0.3) is 16.6 Å². The van der Waals surface area contributed by atoms with Gasteiger partial charge in [-0.1, -0.05) is 45.7 Å². The van der Waals surface area contributed by atoms with E-state index in [4.69, 9.17) is 6.42 Å². The Balaban J connectivity index is 2.30. The van der Waals surface area contributed by atoms with E-state index in [0.29, 0.717) is 21.8 Å². The number of rotatable bonds is 3. The number of thioether (sulfide) groups is 1. The molecule has 0 atom stereocenters. The zero-order chi connectivity index (χ0) is 15.5. The second-order valence-corrected chi connectivity index (χ2v) is 6.38. The van der Waals surface area contributed by atoms with Crippen LogP contribution < -0.4 is 5.56 Å². The number of aromatic nitrogens is 2. The summed E-state index contributed by atoms with van der Waals surface area (Å²) in [5.41, 5.74) is 1.36. The van der Waals surface area contributed by atoms with Crippen molar-refractivity contribution in [3.05, 3.63) is 63.4 Å². The van der Waals surface area contributed by atoms with Crippen LogP contribution in [-0.2, 0) is 0 Å². The van der Waals surface area contributed by atoms with Gasteiger partial charge in [0.25, 0.3) is 5.56 Å². The number of benzene rings is 2. The highest BCUT2D eigenvalue weighted by atomic mass is 79.9. The van der Waals surface area contributed by atoms with Gasteiger partial charge in [-0.15, -0.1) is 6.42 Å². The highest BCUT2D eigenvalue weighted by molar-refractivity contribution is 9.10. The molecule has 0 fully saturated rings. The summed E-state index contributed by atoms with van der Waals surface area (Å²) in [5, 5.41) is 1.19. The van der Waals surface area contributed by atoms with Gasteiger partial charge < -0.3 is 0 Å². The number of fused-ring (bicyclic) bond motifs is 1. The Morgan fingerprint density at radius 2 is 1.91 bits per heavy atom. The first kappa shape index (κ1) is 14.9. The molecule has 2 aromatic carbocycles. The van der Waals surface area contributed by atoms with Gasteiger partial charge in [0, 0.05) is 4.47 Å². The number of halogens is 1. The van der Waals surface area contributed by atoms with Crippen LogP contribution >= 0.6 is 27.7 Å². The molecule has 1 aromatic heterocycles. The van der Waals surface area contributed by atoms with Gasteiger partial charge in [0.1, 0.15) is 0 Å². The molecule has 0 aliphatic heterocycles. The van der Waals surface area contributed by atoms with Crippen molar-refractivity contribution in [3.63, 3.8) is 0 Å². The largest absolute Gasteiger partial charge is 0.268 e. The van der Waals surface area contributed by atoms with Crippen LogP contribution in [0, 0.1) is 12.3 Å². The van der Waals surface area contributed by atoms with Gasteiger partial charge in [0.2, 0.25) is 0 Å². The molecule has 0 aliphatic carbocycles. The Morgan fingerprint density at radius 3 is 2.64 bits per heavy atom. The quantitative estimate of drug-likeness (QED) is 0.398. The molecular formula is C17H11BrN2OS. The van der Waals surface area contributed by atoms with Crippen LogP contribution in [0.15, 0.2) is 63.0 Å². The number of terminal acetylenes is 1. The molecule has 3 nitrogen and oxygen atoms in total. The Kier molecular flexibility index (Phi) is 4.32. The smallest absolute Gasteiger partial charge is 0.266 e. The Bertz CT molecular complexity index is 926. The molecule has 0 saturated heterocycles. The molecule has 0 aliphatic rings. The monoisotopic (exact) mass is 370 g/mol. The number of nitrogens with zero attached hydrogens (tertiary/aromatic N) is 2. The topological polar surface area (TPSA) is 34.9 Å². The third-order valence-electron chi connectivity index (χ3n) is 3.11. The second kappa shape index (κ2) is 6.39. The SMILES string of the molecule is C#CCSc1nc2ccccc2c(=O)n1-c1ccc(Br)cc1. The van der Waals surface area contributed by atoms with Gasteiger partial charge in [-0.2, -0.15) is 0 Å². The highest BCUT2D eigenvalue weighted by Gasteiger charge is 2.12. The number of hydrogen-bond acceptors (Lipinski definition) is 3. The van der Waals surface area contributed by atoms with Gasteiger partial charge in [-0.3, -0.25) is 9.36 Å². The lowest BCUT2D eigenvalue weighted by Gasteiger charge is -2.12. The first-order valence-electron chi connectivity index (χ1n) is 6.54. The Morgan fingerprint density at radius 1 is 1.18 bits per heavy atom. The van der Waals surface area contributed by atoms with E-state index in [0.717, 1.165) is 10.2 Å². The maximum Gasteiger partial charge on any atom is 0.266 e. The maximum atomic E-state index is 12.8. The summed E-state index contributed by atoms with van der Waals surface area (Å²) in [6, 6.07) is 14.9. The van der Waals surface area contributed by atoms with Crippen LogP contribution in [0.3, 0.4) is 0 Å². The molecule has 0 saturated carbocycles. The van der Waals surface area contributed by atoms with Crippen LogP contribution in [0.5, 0.6) is 0 Å². The van der Waals surface area contributed by atoms with E-state index in [2.05, 4.69) is 26.8 Å². The summed E-state index contributed by atoms with van der Waals surface area (Å²) in [7, 11) is 0. The molecule has 0 unspecified atom stereocenters. The zero-order valence-electron chi connectivity index (χ0n) is 11.5. The van der Waals surface area contributed by atoms with E-state index in [-0.39, 0.29) is 5.56 Å². The summed E-state index contributed by atoms with van der Waals surface area (Å²) in [4.78, 5) is 17.4. The Labute approximate surface area is 140 Å². The van der Waals surface area contributed by atoms with E-state index < -0.39 is 0 Å². The van der Waals surface area contributed by atoms with E-state index in [1.807, 2.05) is 42.5 Å². The van der Waals surface area contributed by atoms with Crippen molar-refractivity contribution < 1.29 is 0 Å². The van der Waals surface area contributed by atoms with Crippen LogP contribution in [-0.4, -0.2) is 15.3 Å². The van der Waals surface area contributed by atoms with Crippen LogP contribution in [0.4, 0.5) is 0 Å². The molecule has 108 valence electrons. The minimum absolute atomic E-state index is 0.0903. The van der Waals surface area contributed by atoms with Gasteiger partial charge in [-0.05, 0) is 36.4 Å². The van der Waals surface area contributed by atoms with Gasteiger partial charge >= 0.3 is 0 Å². The number of para-hydroxylation sites is 1. The van der Waals surface area contributed by atoms with Crippen molar-refractivity contribution in [1.29, 1.82) is 0 Å². The minimum atomic E-state index is -0.0903. The standard InChI is InChI=1S/C17H11BrN2OS/c1-2-11-22-17-19-15-6-4-3-5-14(15)16(21)20(17)13-9-7-12(18)8-10-13/h1,3-10H,11H2. The van der Waals surface area contributed by atoms with Crippen molar-refractivity contribution >= 4 is 38.6 Å². The fourth-order valence-corrected chi connectivity index (χ4v) is 3.09. The summed E-state index contributed by atoms with van der Waals surface area (Å²) in [6.45, 7) is 0. The molecule has 0 bridgehead atoms. The van der Waals surface area contributed by atoms with Crippen LogP contribution in [0.1, 0.15) is 0 Å². The average Bonchev–Trinajstić information content (AvgIpc) is 2.54. The van der Waals surface area contributed by atoms with Crippen molar-refractivity contribution in [3.8, 4) is 18.0 Å². The Hall–Kier alpha value is -2.03. The molecule has 0 radical (unpaired) electrons. The average molecular weight is 371 g/mol. The lowest BCUT2D eigenvalue weighted by Crippen LogP contribution is -2.21. The molecule has 0 spiro atoms. The first-order chi connectivity index (χ1) is 10.7. The highest BCUT2D eigenvalue weighted by Crippen LogP contribution is 2.22. The van der Waals surface area contributed by atoms with E-state index >= 15 is 0 Å². The molecule has 1 heterocycles. The van der Waals surface area contributed by atoms with Gasteiger partial charge in [0.15, 0.2) is 5.16 Å². The lowest BCUT2D eigenvalue weighted by molar-refractivity contribution is 0.821. The van der Waals surface area contributed by atoms with Crippen molar-refractivity contribution in [2.75, 3.05) is 5.75 Å². The lowest BCUT2D eigenvalue weighted by atomic mass is 10.2. The van der Waals surface area contributed by atoms with E-state index in [9.17, 15) is 4.79 Å². The molecule has 3 rings (SSSR count). The molecule has 5 heteroatoms. The van der Waals surface area contributed by atoms with Gasteiger partial charge in [-0.25, -0.2) is 4.98 Å². The first-order valence-corrected chi connectivity index (χ1v) is 8.32. The molecule has 3 aromatic rings. The number of hydrogen-bond donors (Lipinski definition) is 0. The van der Waals surface area contributed by atoms with Crippen molar-refractivity contribution in [2.45, 2.75) is 5.16 Å². The van der Waals surface area contributed by atoms with E-state index in [1.54, 1.807) is 10.6 Å². The molecular weight excluding hydrogens is 360 g/mol. The normalized spacial score (nSPS) is 10.5.